The lowest BCUT2D eigenvalue weighted by Crippen LogP contribution is -2.14. The van der Waals surface area contributed by atoms with Gasteiger partial charge in [0.2, 0.25) is 0 Å². The number of methoxy groups -OCH3 is 1. The van der Waals surface area contributed by atoms with Crippen molar-refractivity contribution in [2.75, 3.05) is 18.2 Å². The third-order valence-electron chi connectivity index (χ3n) is 2.90. The Kier molecular flexibility index (Phi) is 4.90. The zero-order valence-corrected chi connectivity index (χ0v) is 13.0. The summed E-state index contributed by atoms with van der Waals surface area (Å²) in [7, 11) is 1.25. The Hall–Kier alpha value is -2.24. The summed E-state index contributed by atoms with van der Waals surface area (Å²) in [6.07, 6.45) is 0. The maximum atomic E-state index is 12.2. The molecule has 22 heavy (non-hydrogen) atoms. The van der Waals surface area contributed by atoms with Gasteiger partial charge >= 0.3 is 5.97 Å². The molecule has 0 aliphatic heterocycles. The van der Waals surface area contributed by atoms with Crippen LogP contribution in [0.5, 0.6) is 0 Å². The van der Waals surface area contributed by atoms with E-state index in [1.165, 1.54) is 31.4 Å². The molecule has 0 radical (unpaired) electrons. The highest BCUT2D eigenvalue weighted by Gasteiger charge is 2.14. The Bertz CT molecular complexity index is 748. The number of hydrogen-bond donors (Lipinski definition) is 2. The summed E-state index contributed by atoms with van der Waals surface area (Å²) < 4.78 is 4.59. The lowest BCUT2D eigenvalue weighted by molar-refractivity contribution is 0.0601. The first-order valence-corrected chi connectivity index (χ1v) is 6.92. The Balaban J connectivity index is 2.25. The van der Waals surface area contributed by atoms with Crippen LogP contribution in [0.4, 0.5) is 11.4 Å². The second-order valence-electron chi connectivity index (χ2n) is 4.37. The van der Waals surface area contributed by atoms with E-state index in [4.69, 9.17) is 28.9 Å². The minimum Gasteiger partial charge on any atom is -0.465 e. The Morgan fingerprint density at radius 2 is 1.86 bits per heavy atom. The molecule has 0 fully saturated rings. The van der Waals surface area contributed by atoms with Crippen molar-refractivity contribution in [2.45, 2.75) is 0 Å². The number of halogens is 2. The van der Waals surface area contributed by atoms with Crippen LogP contribution in [-0.2, 0) is 4.74 Å². The molecule has 0 unspecified atom stereocenters. The zero-order chi connectivity index (χ0) is 16.3. The van der Waals surface area contributed by atoms with Crippen LogP contribution in [-0.4, -0.2) is 19.0 Å². The molecule has 0 aromatic heterocycles. The standard InChI is InChI=1S/C15H12Cl2N2O3/c1-22-15(21)10-4-2-8(6-12(10)18)14(20)19-13-7-9(16)3-5-11(13)17/h2-7H,18H2,1H3,(H,19,20). The summed E-state index contributed by atoms with van der Waals surface area (Å²) >= 11 is 11.8. The number of benzene rings is 2. The maximum absolute atomic E-state index is 12.2. The SMILES string of the molecule is COC(=O)c1ccc(C(=O)Nc2cc(Cl)ccc2Cl)cc1N. The van der Waals surface area contributed by atoms with Crippen molar-refractivity contribution < 1.29 is 14.3 Å². The highest BCUT2D eigenvalue weighted by atomic mass is 35.5. The fourth-order valence-electron chi connectivity index (χ4n) is 1.79. The van der Waals surface area contributed by atoms with Crippen LogP contribution in [0.2, 0.25) is 10.0 Å². The molecule has 0 spiro atoms. The van der Waals surface area contributed by atoms with Gasteiger partial charge in [0.25, 0.3) is 5.91 Å². The molecule has 2 aromatic carbocycles. The number of nitrogen functional groups attached to an aromatic ring is 1. The number of carbonyl (C=O) groups is 2. The van der Waals surface area contributed by atoms with Gasteiger partial charge in [-0.05, 0) is 36.4 Å². The van der Waals surface area contributed by atoms with Gasteiger partial charge in [0, 0.05) is 16.3 Å². The smallest absolute Gasteiger partial charge is 0.339 e. The second kappa shape index (κ2) is 6.68. The summed E-state index contributed by atoms with van der Waals surface area (Å²) in [6, 6.07) is 9.01. The molecule has 7 heteroatoms. The van der Waals surface area contributed by atoms with Gasteiger partial charge in [-0.2, -0.15) is 0 Å². The largest absolute Gasteiger partial charge is 0.465 e. The molecule has 0 saturated carbocycles. The van der Waals surface area contributed by atoms with Crippen LogP contribution in [0, 0.1) is 0 Å². The molecule has 0 heterocycles. The third kappa shape index (κ3) is 3.50. The molecule has 0 aliphatic rings. The van der Waals surface area contributed by atoms with E-state index in [0.717, 1.165) is 0 Å². The molecular weight excluding hydrogens is 327 g/mol. The molecule has 5 nitrogen and oxygen atoms in total. The minimum absolute atomic E-state index is 0.150. The lowest BCUT2D eigenvalue weighted by Gasteiger charge is -2.09. The molecule has 2 aromatic rings. The first-order valence-electron chi connectivity index (χ1n) is 6.16. The van der Waals surface area contributed by atoms with Crippen molar-refractivity contribution in [2.24, 2.45) is 0 Å². The summed E-state index contributed by atoms with van der Waals surface area (Å²) in [6.45, 7) is 0. The quantitative estimate of drug-likeness (QED) is 0.661. The van der Waals surface area contributed by atoms with E-state index in [0.29, 0.717) is 15.7 Å². The van der Waals surface area contributed by atoms with E-state index in [2.05, 4.69) is 10.1 Å². The van der Waals surface area contributed by atoms with E-state index in [-0.39, 0.29) is 16.8 Å². The Morgan fingerprint density at radius 1 is 1.14 bits per heavy atom. The number of ether oxygens (including phenoxy) is 1. The number of hydrogen-bond acceptors (Lipinski definition) is 4. The van der Waals surface area contributed by atoms with Crippen molar-refractivity contribution in [1.82, 2.24) is 0 Å². The minimum atomic E-state index is -0.567. The van der Waals surface area contributed by atoms with Gasteiger partial charge in [-0.3, -0.25) is 4.79 Å². The van der Waals surface area contributed by atoms with Gasteiger partial charge in [-0.15, -0.1) is 0 Å². The van der Waals surface area contributed by atoms with Crippen LogP contribution in [0.15, 0.2) is 36.4 Å². The van der Waals surface area contributed by atoms with Gasteiger partial charge in [0.05, 0.1) is 23.4 Å². The number of amides is 1. The van der Waals surface area contributed by atoms with Gasteiger partial charge in [0.1, 0.15) is 0 Å². The van der Waals surface area contributed by atoms with Crippen molar-refractivity contribution in [1.29, 1.82) is 0 Å². The highest BCUT2D eigenvalue weighted by Crippen LogP contribution is 2.26. The number of anilines is 2. The molecule has 2 rings (SSSR count). The molecule has 0 saturated heterocycles. The van der Waals surface area contributed by atoms with Crippen molar-refractivity contribution in [3.8, 4) is 0 Å². The molecule has 0 bridgehead atoms. The second-order valence-corrected chi connectivity index (χ2v) is 5.22. The first-order chi connectivity index (χ1) is 10.4. The topological polar surface area (TPSA) is 81.4 Å². The molecular formula is C15H12Cl2N2O3. The number of esters is 1. The molecule has 0 atom stereocenters. The van der Waals surface area contributed by atoms with Gasteiger partial charge in [-0.1, -0.05) is 23.2 Å². The third-order valence-corrected chi connectivity index (χ3v) is 3.46. The van der Waals surface area contributed by atoms with Crippen molar-refractivity contribution in [3.63, 3.8) is 0 Å². The summed E-state index contributed by atoms with van der Waals surface area (Å²) in [4.78, 5) is 23.6. The van der Waals surface area contributed by atoms with Crippen LogP contribution >= 0.6 is 23.2 Å². The molecule has 3 N–H and O–H groups in total. The fraction of sp³-hybridized carbons (Fsp3) is 0.0667. The molecule has 1 amide bonds. The maximum Gasteiger partial charge on any atom is 0.339 e. The Labute approximate surface area is 137 Å². The van der Waals surface area contributed by atoms with Gasteiger partial charge in [-0.25, -0.2) is 4.79 Å². The van der Waals surface area contributed by atoms with E-state index >= 15 is 0 Å². The Morgan fingerprint density at radius 3 is 2.50 bits per heavy atom. The van der Waals surface area contributed by atoms with Crippen LogP contribution in [0.3, 0.4) is 0 Å². The predicted molar refractivity (Wildman–Crippen MR) is 86.6 cm³/mol. The van der Waals surface area contributed by atoms with Crippen LogP contribution < -0.4 is 11.1 Å². The van der Waals surface area contributed by atoms with Gasteiger partial charge < -0.3 is 15.8 Å². The highest BCUT2D eigenvalue weighted by molar-refractivity contribution is 6.35. The molecule has 0 aliphatic carbocycles. The summed E-state index contributed by atoms with van der Waals surface area (Å²) in [5.41, 5.74) is 6.76. The van der Waals surface area contributed by atoms with E-state index < -0.39 is 11.9 Å². The van der Waals surface area contributed by atoms with E-state index in [1.807, 2.05) is 0 Å². The first kappa shape index (κ1) is 16.1. The number of nitrogens with one attached hydrogen (secondary N) is 1. The normalized spacial score (nSPS) is 10.1. The average molecular weight is 339 g/mol. The number of rotatable bonds is 3. The summed E-state index contributed by atoms with van der Waals surface area (Å²) in [5, 5.41) is 3.43. The van der Waals surface area contributed by atoms with Crippen molar-refractivity contribution in [3.05, 3.63) is 57.6 Å². The van der Waals surface area contributed by atoms with E-state index in [1.54, 1.807) is 12.1 Å². The fourth-order valence-corrected chi connectivity index (χ4v) is 2.12. The average Bonchev–Trinajstić information content (AvgIpc) is 2.50. The number of carbonyl (C=O) groups excluding carboxylic acids is 2. The lowest BCUT2D eigenvalue weighted by atomic mass is 10.1. The zero-order valence-electron chi connectivity index (χ0n) is 11.5. The monoisotopic (exact) mass is 338 g/mol. The van der Waals surface area contributed by atoms with Crippen molar-refractivity contribution >= 4 is 46.5 Å². The predicted octanol–water partition coefficient (Wildman–Crippen LogP) is 3.61. The van der Waals surface area contributed by atoms with Crippen LogP contribution in [0.25, 0.3) is 0 Å². The summed E-state index contributed by atoms with van der Waals surface area (Å²) in [5.74, 6) is -0.991. The van der Waals surface area contributed by atoms with Crippen LogP contribution in [0.1, 0.15) is 20.7 Å². The van der Waals surface area contributed by atoms with E-state index in [9.17, 15) is 9.59 Å². The molecule has 114 valence electrons. The van der Waals surface area contributed by atoms with Gasteiger partial charge in [0.15, 0.2) is 0 Å². The number of nitrogens with two attached hydrogens (primary N) is 1.